The normalized spacial score (nSPS) is 10.9. The summed E-state index contributed by atoms with van der Waals surface area (Å²) in [6.07, 6.45) is 1.61. The zero-order valence-corrected chi connectivity index (χ0v) is 17.0. The minimum absolute atomic E-state index is 0.108. The van der Waals surface area contributed by atoms with E-state index in [1.165, 1.54) is 25.8 Å². The van der Waals surface area contributed by atoms with E-state index in [4.69, 9.17) is 14.2 Å². The van der Waals surface area contributed by atoms with E-state index in [0.29, 0.717) is 33.7 Å². The molecular weight excluding hydrogens is 378 g/mol. The highest BCUT2D eigenvalue weighted by Crippen LogP contribution is 2.35. The molecule has 9 heteroatoms. The Hall–Kier alpha value is -3.49. The van der Waals surface area contributed by atoms with E-state index >= 15 is 0 Å². The van der Waals surface area contributed by atoms with Crippen LogP contribution in [0, 0.1) is 0 Å². The maximum absolute atomic E-state index is 13.0. The number of carbonyl (C=O) groups excluding carboxylic acids is 1. The summed E-state index contributed by atoms with van der Waals surface area (Å²) < 4.78 is 19.8. The summed E-state index contributed by atoms with van der Waals surface area (Å²) in [6.45, 7) is 1.86. The van der Waals surface area contributed by atoms with Crippen molar-refractivity contribution in [2.75, 3.05) is 20.8 Å². The molecule has 3 aromatic rings. The van der Waals surface area contributed by atoms with Crippen molar-refractivity contribution in [1.82, 2.24) is 13.7 Å². The fourth-order valence-corrected chi connectivity index (χ4v) is 3.35. The van der Waals surface area contributed by atoms with Crippen molar-refractivity contribution >= 4 is 16.9 Å². The van der Waals surface area contributed by atoms with Crippen molar-refractivity contribution in [3.05, 3.63) is 45.2 Å². The van der Waals surface area contributed by atoms with Gasteiger partial charge in [0.2, 0.25) is 0 Å². The molecule has 2 heterocycles. The van der Waals surface area contributed by atoms with Crippen LogP contribution in [0.4, 0.5) is 0 Å². The standard InChI is InChI=1S/C20H23N3O6/c1-6-29-16(24)11-23-10-13-17(19(25)22(3)20(26)21(13)2)18(23)12-7-8-14(27-4)15(9-12)28-5/h7-10H,6,11H2,1-5H3. The van der Waals surface area contributed by atoms with Gasteiger partial charge in [0.15, 0.2) is 11.5 Å². The van der Waals surface area contributed by atoms with Crippen molar-refractivity contribution < 1.29 is 19.0 Å². The third-order valence-corrected chi connectivity index (χ3v) is 4.77. The van der Waals surface area contributed by atoms with Gasteiger partial charge in [-0.3, -0.25) is 18.7 Å². The first-order valence-electron chi connectivity index (χ1n) is 9.00. The molecule has 154 valence electrons. The molecule has 1 aromatic carbocycles. The van der Waals surface area contributed by atoms with Gasteiger partial charge in [0.25, 0.3) is 5.56 Å². The van der Waals surface area contributed by atoms with Crippen LogP contribution in [0.2, 0.25) is 0 Å². The van der Waals surface area contributed by atoms with Crippen LogP contribution in [0.15, 0.2) is 34.0 Å². The van der Waals surface area contributed by atoms with Crippen LogP contribution >= 0.6 is 0 Å². The van der Waals surface area contributed by atoms with E-state index in [9.17, 15) is 14.4 Å². The smallest absolute Gasteiger partial charge is 0.330 e. The summed E-state index contributed by atoms with van der Waals surface area (Å²) in [7, 11) is 6.05. The molecule has 0 saturated heterocycles. The van der Waals surface area contributed by atoms with Crippen LogP contribution in [0.3, 0.4) is 0 Å². The highest BCUT2D eigenvalue weighted by molar-refractivity contribution is 5.94. The fourth-order valence-electron chi connectivity index (χ4n) is 3.35. The van der Waals surface area contributed by atoms with Gasteiger partial charge >= 0.3 is 11.7 Å². The molecular formula is C20H23N3O6. The minimum atomic E-state index is -0.449. The largest absolute Gasteiger partial charge is 0.493 e. The summed E-state index contributed by atoms with van der Waals surface area (Å²) in [6, 6.07) is 5.20. The van der Waals surface area contributed by atoms with Crippen molar-refractivity contribution in [2.24, 2.45) is 14.1 Å². The Bertz CT molecular complexity index is 1200. The monoisotopic (exact) mass is 401 g/mol. The summed E-state index contributed by atoms with van der Waals surface area (Å²) in [5, 5.41) is 0.325. The predicted molar refractivity (Wildman–Crippen MR) is 108 cm³/mol. The molecule has 0 amide bonds. The van der Waals surface area contributed by atoms with Crippen LogP contribution < -0.4 is 20.7 Å². The van der Waals surface area contributed by atoms with Gasteiger partial charge in [-0.05, 0) is 25.1 Å². The quantitative estimate of drug-likeness (QED) is 0.578. The second-order valence-electron chi connectivity index (χ2n) is 6.45. The number of hydrogen-bond donors (Lipinski definition) is 0. The third-order valence-electron chi connectivity index (χ3n) is 4.77. The highest BCUT2D eigenvalue weighted by Gasteiger charge is 2.21. The van der Waals surface area contributed by atoms with Gasteiger partial charge in [-0.15, -0.1) is 0 Å². The molecule has 3 rings (SSSR count). The molecule has 0 N–H and O–H groups in total. The van der Waals surface area contributed by atoms with Crippen LogP contribution in [0.1, 0.15) is 6.92 Å². The van der Waals surface area contributed by atoms with E-state index in [-0.39, 0.29) is 13.2 Å². The Morgan fingerprint density at radius 3 is 2.34 bits per heavy atom. The van der Waals surface area contributed by atoms with Gasteiger partial charge in [-0.25, -0.2) is 4.79 Å². The number of carbonyl (C=O) groups is 1. The van der Waals surface area contributed by atoms with Crippen molar-refractivity contribution in [1.29, 1.82) is 0 Å². The number of aromatic nitrogens is 3. The molecule has 0 atom stereocenters. The number of methoxy groups -OCH3 is 2. The molecule has 2 aromatic heterocycles. The van der Waals surface area contributed by atoms with Crippen molar-refractivity contribution in [2.45, 2.75) is 13.5 Å². The Kier molecular flexibility index (Phi) is 5.49. The summed E-state index contributed by atoms with van der Waals surface area (Å²) in [5.74, 6) is 0.560. The van der Waals surface area contributed by atoms with Gasteiger partial charge in [-0.2, -0.15) is 0 Å². The number of rotatable bonds is 6. The number of esters is 1. The maximum atomic E-state index is 13.0. The molecule has 29 heavy (non-hydrogen) atoms. The van der Waals surface area contributed by atoms with Crippen molar-refractivity contribution in [3.63, 3.8) is 0 Å². The summed E-state index contributed by atoms with van der Waals surface area (Å²) in [4.78, 5) is 37.5. The second-order valence-corrected chi connectivity index (χ2v) is 6.45. The summed E-state index contributed by atoms with van der Waals surface area (Å²) in [5.41, 5.74) is 0.653. The van der Waals surface area contributed by atoms with Crippen LogP contribution in [0.5, 0.6) is 11.5 Å². The molecule has 0 aliphatic heterocycles. The first-order chi connectivity index (χ1) is 13.8. The lowest BCUT2D eigenvalue weighted by Gasteiger charge is -2.12. The van der Waals surface area contributed by atoms with E-state index in [2.05, 4.69) is 0 Å². The SMILES string of the molecule is CCOC(=O)Cn1cc2c(c1-c1ccc(OC)c(OC)c1)c(=O)n(C)c(=O)n2C. The van der Waals surface area contributed by atoms with Gasteiger partial charge < -0.3 is 18.8 Å². The average Bonchev–Trinajstić information content (AvgIpc) is 3.09. The lowest BCUT2D eigenvalue weighted by Crippen LogP contribution is -2.36. The lowest BCUT2D eigenvalue weighted by molar-refractivity contribution is -0.143. The lowest BCUT2D eigenvalue weighted by atomic mass is 10.1. The highest BCUT2D eigenvalue weighted by atomic mass is 16.5. The first-order valence-corrected chi connectivity index (χ1v) is 9.00. The topological polar surface area (TPSA) is 93.7 Å². The average molecular weight is 401 g/mol. The molecule has 0 aliphatic rings. The Morgan fingerprint density at radius 1 is 1.03 bits per heavy atom. The molecule has 0 unspecified atom stereocenters. The van der Waals surface area contributed by atoms with Crippen LogP contribution in [-0.4, -0.2) is 40.5 Å². The molecule has 0 radical (unpaired) electrons. The number of nitrogens with zero attached hydrogens (tertiary/aromatic N) is 3. The molecule has 0 spiro atoms. The van der Waals surface area contributed by atoms with Gasteiger partial charge in [0, 0.05) is 25.9 Å². The van der Waals surface area contributed by atoms with Gasteiger partial charge in [-0.1, -0.05) is 0 Å². The Labute approximate surface area is 166 Å². The predicted octanol–water partition coefficient (Wildman–Crippen LogP) is 1.29. The number of fused-ring (bicyclic) bond motifs is 1. The zero-order chi connectivity index (χ0) is 21.3. The second kappa shape index (κ2) is 7.86. The third kappa shape index (κ3) is 3.39. The minimum Gasteiger partial charge on any atom is -0.493 e. The number of ether oxygens (including phenoxy) is 3. The molecule has 0 saturated carbocycles. The fraction of sp³-hybridized carbons (Fsp3) is 0.350. The number of hydrogen-bond acceptors (Lipinski definition) is 6. The number of aryl methyl sites for hydroxylation is 1. The molecule has 0 aliphatic carbocycles. The van der Waals surface area contributed by atoms with Crippen molar-refractivity contribution in [3.8, 4) is 22.8 Å². The zero-order valence-electron chi connectivity index (χ0n) is 17.0. The molecule has 9 nitrogen and oxygen atoms in total. The van der Waals surface area contributed by atoms with Gasteiger partial charge in [0.1, 0.15) is 6.54 Å². The van der Waals surface area contributed by atoms with E-state index in [0.717, 1.165) is 4.57 Å². The number of benzene rings is 1. The first kappa shape index (κ1) is 20.2. The van der Waals surface area contributed by atoms with E-state index in [1.54, 1.807) is 42.9 Å². The Morgan fingerprint density at radius 2 is 1.72 bits per heavy atom. The van der Waals surface area contributed by atoms with E-state index < -0.39 is 17.2 Å². The van der Waals surface area contributed by atoms with Gasteiger partial charge in [0.05, 0.1) is 37.4 Å². The van der Waals surface area contributed by atoms with E-state index in [1.807, 2.05) is 0 Å². The molecule has 0 bridgehead atoms. The summed E-state index contributed by atoms with van der Waals surface area (Å²) >= 11 is 0. The molecule has 0 fully saturated rings. The van der Waals surface area contributed by atoms with Crippen LogP contribution in [-0.2, 0) is 30.2 Å². The van der Waals surface area contributed by atoms with Crippen LogP contribution in [0.25, 0.3) is 22.2 Å². The maximum Gasteiger partial charge on any atom is 0.330 e. The Balaban J connectivity index is 2.38.